The fourth-order valence-electron chi connectivity index (χ4n) is 4.87. The summed E-state index contributed by atoms with van der Waals surface area (Å²) in [6, 6.07) is 16.2. The molecule has 8 nitrogen and oxygen atoms in total. The Bertz CT molecular complexity index is 1180. The number of hydrogen-bond donors (Lipinski definition) is 1. The molecule has 1 aromatic heterocycles. The quantitative estimate of drug-likeness (QED) is 0.352. The van der Waals surface area contributed by atoms with Crippen molar-refractivity contribution in [2.24, 2.45) is 0 Å². The Kier molecular flexibility index (Phi) is 8.18. The number of aromatic nitrogens is 2. The van der Waals surface area contributed by atoms with Crippen molar-refractivity contribution in [2.45, 2.75) is 45.3 Å². The minimum Gasteiger partial charge on any atom is -0.508 e. The zero-order valence-electron chi connectivity index (χ0n) is 21.1. The van der Waals surface area contributed by atoms with Crippen LogP contribution in [0.1, 0.15) is 43.8 Å². The smallest absolute Gasteiger partial charge is 0.315 e. The molecular weight excluding hydrogens is 456 g/mol. The summed E-state index contributed by atoms with van der Waals surface area (Å²) in [7, 11) is 0. The van der Waals surface area contributed by atoms with Gasteiger partial charge in [0.25, 0.3) is 0 Å². The first kappa shape index (κ1) is 25.6. The topological polar surface area (TPSA) is 91.9 Å². The molecule has 0 radical (unpaired) electrons. The number of carbonyl (C=O) groups excluding carboxylic acids is 1. The molecule has 1 aliphatic heterocycles. The van der Waals surface area contributed by atoms with Crippen LogP contribution in [0, 0.1) is 0 Å². The Morgan fingerprint density at radius 3 is 2.67 bits per heavy atom. The maximum Gasteiger partial charge on any atom is 0.315 e. The van der Waals surface area contributed by atoms with E-state index in [2.05, 4.69) is 58.6 Å². The van der Waals surface area contributed by atoms with Gasteiger partial charge in [-0.3, -0.25) is 14.6 Å². The van der Waals surface area contributed by atoms with Crippen LogP contribution in [0.2, 0.25) is 0 Å². The number of hydrogen-bond acceptors (Lipinski definition) is 8. The van der Waals surface area contributed by atoms with Gasteiger partial charge in [-0.1, -0.05) is 47.6 Å². The molecule has 1 fully saturated rings. The molecule has 0 spiro atoms. The second-order valence-corrected chi connectivity index (χ2v) is 9.25. The van der Waals surface area contributed by atoms with E-state index in [-0.39, 0.29) is 24.1 Å². The van der Waals surface area contributed by atoms with Crippen molar-refractivity contribution in [3.05, 3.63) is 78.2 Å². The van der Waals surface area contributed by atoms with E-state index in [1.807, 2.05) is 30.3 Å². The lowest BCUT2D eigenvalue weighted by Gasteiger charge is -2.47. The molecule has 0 aliphatic carbocycles. The average molecular weight is 491 g/mol. The van der Waals surface area contributed by atoms with Crippen LogP contribution in [0.25, 0.3) is 11.4 Å². The number of carbonyl (C=O) groups is 1. The van der Waals surface area contributed by atoms with Gasteiger partial charge >= 0.3 is 5.97 Å². The summed E-state index contributed by atoms with van der Waals surface area (Å²) < 4.78 is 10.2. The minimum atomic E-state index is -0.395. The SMILES string of the molecule is C=CCN1C[C@H](C)N([C@H](c2ccc(-c3noc(CC(=O)OCC)n3)cc2)c2cccc(O)c2)C[C@H]1C. The third kappa shape index (κ3) is 5.83. The third-order valence-electron chi connectivity index (χ3n) is 6.60. The van der Waals surface area contributed by atoms with Crippen molar-refractivity contribution in [3.63, 3.8) is 0 Å². The van der Waals surface area contributed by atoms with Gasteiger partial charge in [-0.25, -0.2) is 0 Å². The largest absolute Gasteiger partial charge is 0.508 e. The van der Waals surface area contributed by atoms with Crippen LogP contribution >= 0.6 is 0 Å². The average Bonchev–Trinajstić information content (AvgIpc) is 3.31. The van der Waals surface area contributed by atoms with Crippen molar-refractivity contribution in [3.8, 4) is 17.1 Å². The van der Waals surface area contributed by atoms with Crippen LogP contribution < -0.4 is 0 Å². The Morgan fingerprint density at radius 2 is 1.97 bits per heavy atom. The van der Waals surface area contributed by atoms with Crippen molar-refractivity contribution in [1.29, 1.82) is 0 Å². The predicted octanol–water partition coefficient (Wildman–Crippen LogP) is 4.22. The second-order valence-electron chi connectivity index (χ2n) is 9.25. The molecule has 8 heteroatoms. The Balaban J connectivity index is 1.61. The number of nitrogens with zero attached hydrogens (tertiary/aromatic N) is 4. The Labute approximate surface area is 212 Å². The molecule has 0 amide bonds. The lowest BCUT2D eigenvalue weighted by Crippen LogP contribution is -2.57. The van der Waals surface area contributed by atoms with Crippen LogP contribution in [0.15, 0.2) is 65.7 Å². The summed E-state index contributed by atoms with van der Waals surface area (Å²) in [6.07, 6.45) is 1.91. The van der Waals surface area contributed by atoms with E-state index in [0.29, 0.717) is 24.5 Å². The number of phenols is 1. The first-order valence-corrected chi connectivity index (χ1v) is 12.4. The van der Waals surface area contributed by atoms with E-state index in [4.69, 9.17) is 9.26 Å². The van der Waals surface area contributed by atoms with Crippen LogP contribution in [0.3, 0.4) is 0 Å². The minimum absolute atomic E-state index is 0.0286. The standard InChI is InChI=1S/C28H34N4O4/c1-5-14-31-17-20(4)32(18-19(31)3)27(23-8-7-9-24(33)15-23)21-10-12-22(13-11-21)28-29-25(36-30-28)16-26(34)35-6-2/h5,7-13,15,19-20,27,33H,1,6,14,16-18H2,2-4H3/t19-,20+,27-/m1/s1. The van der Waals surface area contributed by atoms with Crippen molar-refractivity contribution in [2.75, 3.05) is 26.2 Å². The van der Waals surface area contributed by atoms with E-state index in [0.717, 1.165) is 36.3 Å². The maximum atomic E-state index is 11.7. The number of benzene rings is 2. The lowest BCUT2D eigenvalue weighted by atomic mass is 9.92. The summed E-state index contributed by atoms with van der Waals surface area (Å²) in [5, 5.41) is 14.3. The Hall–Kier alpha value is -3.49. The molecule has 2 heterocycles. The fourth-order valence-corrected chi connectivity index (χ4v) is 4.87. The van der Waals surface area contributed by atoms with Gasteiger partial charge in [0.05, 0.1) is 12.6 Å². The molecule has 1 aliphatic rings. The number of aromatic hydroxyl groups is 1. The molecule has 3 atom stereocenters. The predicted molar refractivity (Wildman–Crippen MR) is 137 cm³/mol. The Morgan fingerprint density at radius 1 is 1.19 bits per heavy atom. The molecular formula is C28H34N4O4. The summed E-state index contributed by atoms with van der Waals surface area (Å²) in [5.74, 6) is 0.509. The summed E-state index contributed by atoms with van der Waals surface area (Å²) >= 11 is 0. The summed E-state index contributed by atoms with van der Waals surface area (Å²) in [6.45, 7) is 13.2. The molecule has 1 N–H and O–H groups in total. The number of rotatable bonds is 9. The highest BCUT2D eigenvalue weighted by atomic mass is 16.5. The molecule has 3 aromatic rings. The number of phenolic OH excluding ortho intramolecular Hbond substituents is 1. The lowest BCUT2D eigenvalue weighted by molar-refractivity contribution is -0.142. The van der Waals surface area contributed by atoms with Crippen LogP contribution in [0.5, 0.6) is 5.75 Å². The van der Waals surface area contributed by atoms with Gasteiger partial charge in [0, 0.05) is 37.3 Å². The van der Waals surface area contributed by atoms with Crippen LogP contribution in [-0.2, 0) is 16.0 Å². The van der Waals surface area contributed by atoms with Crippen LogP contribution in [-0.4, -0.2) is 69.3 Å². The highest BCUT2D eigenvalue weighted by molar-refractivity contribution is 5.71. The molecule has 4 rings (SSSR count). The van der Waals surface area contributed by atoms with E-state index in [1.165, 1.54) is 0 Å². The van der Waals surface area contributed by atoms with Gasteiger partial charge in [0.15, 0.2) is 0 Å². The first-order valence-electron chi connectivity index (χ1n) is 12.4. The van der Waals surface area contributed by atoms with Crippen LogP contribution in [0.4, 0.5) is 0 Å². The van der Waals surface area contributed by atoms with Gasteiger partial charge in [0.1, 0.15) is 12.2 Å². The van der Waals surface area contributed by atoms with E-state index in [1.54, 1.807) is 13.0 Å². The van der Waals surface area contributed by atoms with E-state index in [9.17, 15) is 9.90 Å². The van der Waals surface area contributed by atoms with Crippen molar-refractivity contribution >= 4 is 5.97 Å². The molecule has 190 valence electrons. The van der Waals surface area contributed by atoms with E-state index < -0.39 is 5.97 Å². The molecule has 1 saturated heterocycles. The fraction of sp³-hybridized carbons (Fsp3) is 0.393. The number of ether oxygens (including phenoxy) is 1. The number of esters is 1. The zero-order valence-corrected chi connectivity index (χ0v) is 21.1. The van der Waals surface area contributed by atoms with Gasteiger partial charge in [-0.15, -0.1) is 6.58 Å². The molecule has 36 heavy (non-hydrogen) atoms. The molecule has 2 aromatic carbocycles. The van der Waals surface area contributed by atoms with E-state index >= 15 is 0 Å². The van der Waals surface area contributed by atoms with Gasteiger partial charge in [-0.2, -0.15) is 4.98 Å². The monoisotopic (exact) mass is 490 g/mol. The number of piperazine rings is 1. The van der Waals surface area contributed by atoms with Gasteiger partial charge < -0.3 is 14.4 Å². The van der Waals surface area contributed by atoms with Crippen molar-refractivity contribution < 1.29 is 19.2 Å². The molecule has 0 saturated carbocycles. The molecule has 0 bridgehead atoms. The summed E-state index contributed by atoms with van der Waals surface area (Å²) in [4.78, 5) is 21.0. The van der Waals surface area contributed by atoms with Gasteiger partial charge in [-0.05, 0) is 44.0 Å². The summed E-state index contributed by atoms with van der Waals surface area (Å²) in [5.41, 5.74) is 2.94. The first-order chi connectivity index (χ1) is 17.4. The maximum absolute atomic E-state index is 11.7. The highest BCUT2D eigenvalue weighted by Gasteiger charge is 2.34. The van der Waals surface area contributed by atoms with Gasteiger partial charge in [0.2, 0.25) is 11.7 Å². The second kappa shape index (κ2) is 11.5. The normalized spacial score (nSPS) is 19.6. The highest BCUT2D eigenvalue weighted by Crippen LogP contribution is 2.35. The third-order valence-corrected chi connectivity index (χ3v) is 6.60. The molecule has 0 unspecified atom stereocenters. The zero-order chi connectivity index (χ0) is 25.7. The van der Waals surface area contributed by atoms with Crippen molar-refractivity contribution in [1.82, 2.24) is 19.9 Å².